The van der Waals surface area contributed by atoms with Crippen LogP contribution in [-0.2, 0) is 0 Å². The van der Waals surface area contributed by atoms with E-state index < -0.39 is 0 Å². The second-order valence-electron chi connectivity index (χ2n) is 4.80. The van der Waals surface area contributed by atoms with Crippen molar-refractivity contribution in [3.05, 3.63) is 17.5 Å². The Kier molecular flexibility index (Phi) is 3.58. The summed E-state index contributed by atoms with van der Waals surface area (Å²) in [6.07, 6.45) is 4.79. The number of aryl methyl sites for hydroxylation is 1. The van der Waals surface area contributed by atoms with Gasteiger partial charge in [-0.25, -0.2) is 4.98 Å². The van der Waals surface area contributed by atoms with E-state index in [1.54, 1.807) is 6.07 Å². The first-order chi connectivity index (χ1) is 8.17. The molecule has 2 atom stereocenters. The quantitative estimate of drug-likeness (QED) is 0.785. The highest BCUT2D eigenvalue weighted by atomic mass is 16.5. The van der Waals surface area contributed by atoms with Crippen LogP contribution < -0.4 is 4.74 Å². The largest absolute Gasteiger partial charge is 0.460 e. The molecule has 1 fully saturated rings. The molecule has 0 bridgehead atoms. The fourth-order valence-corrected chi connectivity index (χ4v) is 2.29. The Morgan fingerprint density at radius 3 is 2.94 bits per heavy atom. The lowest BCUT2D eigenvalue weighted by Gasteiger charge is -2.26. The van der Waals surface area contributed by atoms with E-state index in [1.807, 2.05) is 13.0 Å². The lowest BCUT2D eigenvalue weighted by molar-refractivity contribution is 0.118. The Balaban J connectivity index is 2.07. The SMILES string of the molecule is Cc1cc(C#N)nc(OC2CCCC(C)C2)n1. The van der Waals surface area contributed by atoms with Crippen molar-refractivity contribution < 1.29 is 4.74 Å². The van der Waals surface area contributed by atoms with Gasteiger partial charge in [-0.05, 0) is 38.2 Å². The molecule has 2 unspecified atom stereocenters. The molecule has 1 aromatic rings. The van der Waals surface area contributed by atoms with E-state index in [4.69, 9.17) is 10.00 Å². The summed E-state index contributed by atoms with van der Waals surface area (Å²) in [7, 11) is 0. The summed E-state index contributed by atoms with van der Waals surface area (Å²) in [4.78, 5) is 8.29. The van der Waals surface area contributed by atoms with Crippen LogP contribution in [-0.4, -0.2) is 16.1 Å². The van der Waals surface area contributed by atoms with Gasteiger partial charge in [-0.2, -0.15) is 10.2 Å². The van der Waals surface area contributed by atoms with Gasteiger partial charge in [0.05, 0.1) is 0 Å². The predicted molar refractivity (Wildman–Crippen MR) is 63.5 cm³/mol. The van der Waals surface area contributed by atoms with Crippen LogP contribution in [0.3, 0.4) is 0 Å². The van der Waals surface area contributed by atoms with Gasteiger partial charge in [0, 0.05) is 5.69 Å². The van der Waals surface area contributed by atoms with Gasteiger partial charge in [-0.1, -0.05) is 13.3 Å². The number of rotatable bonds is 2. The van der Waals surface area contributed by atoms with Gasteiger partial charge in [-0.15, -0.1) is 0 Å². The van der Waals surface area contributed by atoms with Crippen molar-refractivity contribution >= 4 is 0 Å². The minimum absolute atomic E-state index is 0.201. The van der Waals surface area contributed by atoms with E-state index in [0.717, 1.165) is 18.5 Å². The molecule has 1 aliphatic rings. The topological polar surface area (TPSA) is 58.8 Å². The zero-order valence-electron chi connectivity index (χ0n) is 10.3. The van der Waals surface area contributed by atoms with Gasteiger partial charge in [0.15, 0.2) is 0 Å². The average molecular weight is 231 g/mol. The molecule has 4 heteroatoms. The molecule has 1 saturated carbocycles. The zero-order chi connectivity index (χ0) is 12.3. The van der Waals surface area contributed by atoms with Gasteiger partial charge >= 0.3 is 6.01 Å². The first-order valence-corrected chi connectivity index (χ1v) is 6.10. The molecule has 0 radical (unpaired) electrons. The van der Waals surface area contributed by atoms with Crippen LogP contribution in [0.1, 0.15) is 44.0 Å². The van der Waals surface area contributed by atoms with Crippen LogP contribution in [0.2, 0.25) is 0 Å². The van der Waals surface area contributed by atoms with Crippen molar-refractivity contribution in [2.75, 3.05) is 0 Å². The predicted octanol–water partition coefficient (Wildman–Crippen LogP) is 2.61. The Bertz CT molecular complexity index is 439. The lowest BCUT2D eigenvalue weighted by Crippen LogP contribution is -2.25. The number of nitriles is 1. The van der Waals surface area contributed by atoms with Gasteiger partial charge < -0.3 is 4.74 Å². The van der Waals surface area contributed by atoms with Crippen molar-refractivity contribution in [3.63, 3.8) is 0 Å². The minimum atomic E-state index is 0.201. The third-order valence-corrected chi connectivity index (χ3v) is 3.11. The summed E-state index contributed by atoms with van der Waals surface area (Å²) in [5.74, 6) is 0.703. The van der Waals surface area contributed by atoms with Crippen molar-refractivity contribution in [1.29, 1.82) is 5.26 Å². The fraction of sp³-hybridized carbons (Fsp3) is 0.615. The van der Waals surface area contributed by atoms with E-state index in [1.165, 1.54) is 12.8 Å². The second-order valence-corrected chi connectivity index (χ2v) is 4.80. The molecule has 0 amide bonds. The van der Waals surface area contributed by atoms with Crippen LogP contribution >= 0.6 is 0 Å². The third-order valence-electron chi connectivity index (χ3n) is 3.11. The molecule has 1 aliphatic carbocycles. The Hall–Kier alpha value is -1.63. The van der Waals surface area contributed by atoms with E-state index in [-0.39, 0.29) is 6.10 Å². The molecule has 0 aromatic carbocycles. The molecule has 2 rings (SSSR count). The van der Waals surface area contributed by atoms with E-state index >= 15 is 0 Å². The molecule has 1 aromatic heterocycles. The molecule has 1 heterocycles. The summed E-state index contributed by atoms with van der Waals surface area (Å²) < 4.78 is 5.78. The van der Waals surface area contributed by atoms with Crippen LogP contribution in [0.4, 0.5) is 0 Å². The summed E-state index contributed by atoms with van der Waals surface area (Å²) in [6.45, 7) is 4.09. The maximum absolute atomic E-state index is 8.84. The molecule has 0 saturated heterocycles. The van der Waals surface area contributed by atoms with Crippen LogP contribution in [0.5, 0.6) is 6.01 Å². The molecular weight excluding hydrogens is 214 g/mol. The standard InChI is InChI=1S/C13H17N3O/c1-9-4-3-5-12(6-9)17-13-15-10(2)7-11(8-14)16-13/h7,9,12H,3-6H2,1-2H3. The number of nitrogens with zero attached hydrogens (tertiary/aromatic N) is 3. The maximum Gasteiger partial charge on any atom is 0.318 e. The first kappa shape index (κ1) is 11.8. The maximum atomic E-state index is 8.84. The van der Waals surface area contributed by atoms with Gasteiger partial charge in [-0.3, -0.25) is 0 Å². The Labute approximate surface area is 102 Å². The first-order valence-electron chi connectivity index (χ1n) is 6.10. The van der Waals surface area contributed by atoms with Crippen molar-refractivity contribution in [2.45, 2.75) is 45.6 Å². The average Bonchev–Trinajstić information content (AvgIpc) is 2.28. The minimum Gasteiger partial charge on any atom is -0.460 e. The lowest BCUT2D eigenvalue weighted by atomic mass is 9.89. The van der Waals surface area contributed by atoms with E-state index in [9.17, 15) is 0 Å². The monoisotopic (exact) mass is 231 g/mol. The smallest absolute Gasteiger partial charge is 0.318 e. The van der Waals surface area contributed by atoms with Crippen LogP contribution in [0.15, 0.2) is 6.07 Å². The molecule has 0 aliphatic heterocycles. The van der Waals surface area contributed by atoms with Gasteiger partial charge in [0.1, 0.15) is 17.9 Å². The Morgan fingerprint density at radius 2 is 2.24 bits per heavy atom. The molecule has 0 N–H and O–H groups in total. The zero-order valence-corrected chi connectivity index (χ0v) is 10.3. The molecule has 0 spiro atoms. The van der Waals surface area contributed by atoms with Crippen molar-refractivity contribution in [1.82, 2.24) is 9.97 Å². The third kappa shape index (κ3) is 3.16. The number of aromatic nitrogens is 2. The molecule has 17 heavy (non-hydrogen) atoms. The summed E-state index contributed by atoms with van der Waals surface area (Å²) in [5, 5.41) is 8.84. The van der Waals surface area contributed by atoms with Gasteiger partial charge in [0.25, 0.3) is 0 Å². The summed E-state index contributed by atoms with van der Waals surface area (Å²) in [6, 6.07) is 4.03. The van der Waals surface area contributed by atoms with Crippen molar-refractivity contribution in [3.8, 4) is 12.1 Å². The molecule has 90 valence electrons. The number of hydrogen-bond donors (Lipinski definition) is 0. The van der Waals surface area contributed by atoms with E-state index in [2.05, 4.69) is 16.9 Å². The van der Waals surface area contributed by atoms with Crippen LogP contribution in [0, 0.1) is 24.2 Å². The summed E-state index contributed by atoms with van der Waals surface area (Å²) >= 11 is 0. The molecular formula is C13H17N3O. The fourth-order valence-electron chi connectivity index (χ4n) is 2.29. The highest BCUT2D eigenvalue weighted by Crippen LogP contribution is 2.26. The number of ether oxygens (including phenoxy) is 1. The van der Waals surface area contributed by atoms with E-state index in [0.29, 0.717) is 17.6 Å². The summed E-state index contributed by atoms with van der Waals surface area (Å²) in [5.41, 5.74) is 1.15. The Morgan fingerprint density at radius 1 is 1.41 bits per heavy atom. The highest BCUT2D eigenvalue weighted by molar-refractivity contribution is 5.23. The molecule has 4 nitrogen and oxygen atoms in total. The highest BCUT2D eigenvalue weighted by Gasteiger charge is 2.21. The van der Waals surface area contributed by atoms with Crippen molar-refractivity contribution in [2.24, 2.45) is 5.92 Å². The van der Waals surface area contributed by atoms with Crippen LogP contribution in [0.25, 0.3) is 0 Å². The second kappa shape index (κ2) is 5.13. The number of hydrogen-bond acceptors (Lipinski definition) is 4. The van der Waals surface area contributed by atoms with Gasteiger partial charge in [0.2, 0.25) is 0 Å². The normalized spacial score (nSPS) is 24.1.